The van der Waals surface area contributed by atoms with E-state index in [0.29, 0.717) is 5.16 Å². The van der Waals surface area contributed by atoms with Crippen LogP contribution in [-0.4, -0.2) is 25.0 Å². The third-order valence-electron chi connectivity index (χ3n) is 4.17. The largest absolute Gasteiger partial charge is 0.482 e. The first-order valence-corrected chi connectivity index (χ1v) is 9.99. The number of aromatic nitrogens is 5. The van der Waals surface area contributed by atoms with Crippen molar-refractivity contribution in [2.24, 2.45) is 0 Å². The molecule has 8 nitrogen and oxygen atoms in total. The van der Waals surface area contributed by atoms with Crippen LogP contribution >= 0.6 is 11.8 Å². The molecule has 2 N–H and O–H groups in total. The number of rotatable bonds is 7. The minimum absolute atomic E-state index is 0.0277. The molecule has 32 heavy (non-hydrogen) atoms. The molecular formula is C19H14F4N6O2S. The van der Waals surface area contributed by atoms with E-state index in [2.05, 4.69) is 20.3 Å². The van der Waals surface area contributed by atoms with Gasteiger partial charge in [-0.1, -0.05) is 41.2 Å². The Labute approximate surface area is 182 Å². The highest BCUT2D eigenvalue weighted by atomic mass is 32.2. The number of alkyl halides is 3. The van der Waals surface area contributed by atoms with Crippen LogP contribution in [-0.2, 0) is 18.5 Å². The van der Waals surface area contributed by atoms with E-state index in [9.17, 15) is 17.6 Å². The smallest absolute Gasteiger partial charge is 0.416 e. The van der Waals surface area contributed by atoms with Crippen LogP contribution in [0.25, 0.3) is 11.4 Å². The van der Waals surface area contributed by atoms with Crippen LogP contribution < -0.4 is 10.6 Å². The second-order valence-corrected chi connectivity index (χ2v) is 7.31. The van der Waals surface area contributed by atoms with E-state index < -0.39 is 17.6 Å². The Morgan fingerprint density at radius 2 is 1.91 bits per heavy atom. The number of benzene rings is 2. The lowest BCUT2D eigenvalue weighted by molar-refractivity contribution is -0.137. The minimum atomic E-state index is -4.47. The van der Waals surface area contributed by atoms with Crippen LogP contribution in [0.15, 0.2) is 58.2 Å². The van der Waals surface area contributed by atoms with Crippen molar-refractivity contribution < 1.29 is 26.8 Å². The highest BCUT2D eigenvalue weighted by molar-refractivity contribution is 7.98. The Bertz CT molecular complexity index is 1230. The number of ether oxygens (including phenoxy) is 1. The zero-order valence-corrected chi connectivity index (χ0v) is 16.9. The number of para-hydroxylation sites is 1. The van der Waals surface area contributed by atoms with Crippen LogP contribution in [0.1, 0.15) is 17.3 Å². The average molecular weight is 466 g/mol. The van der Waals surface area contributed by atoms with Crippen molar-refractivity contribution >= 4 is 11.8 Å². The van der Waals surface area contributed by atoms with Gasteiger partial charge in [0, 0.05) is 5.56 Å². The van der Waals surface area contributed by atoms with Gasteiger partial charge in [-0.05, 0) is 24.3 Å². The summed E-state index contributed by atoms with van der Waals surface area (Å²) < 4.78 is 63.9. The fourth-order valence-electron chi connectivity index (χ4n) is 2.60. The van der Waals surface area contributed by atoms with Crippen LogP contribution in [0.2, 0.25) is 0 Å². The van der Waals surface area contributed by atoms with Crippen LogP contribution in [0, 0.1) is 5.82 Å². The summed E-state index contributed by atoms with van der Waals surface area (Å²) in [6, 6.07) is 10.5. The molecule has 0 spiro atoms. The third kappa shape index (κ3) is 4.82. The lowest BCUT2D eigenvalue weighted by Gasteiger charge is -2.06. The summed E-state index contributed by atoms with van der Waals surface area (Å²) in [5.74, 6) is 6.08. The molecule has 0 bridgehead atoms. The topological polar surface area (TPSA) is 105 Å². The van der Waals surface area contributed by atoms with Gasteiger partial charge < -0.3 is 15.1 Å². The molecule has 0 aliphatic carbocycles. The predicted molar refractivity (Wildman–Crippen MR) is 105 cm³/mol. The lowest BCUT2D eigenvalue weighted by atomic mass is 10.1. The zero-order chi connectivity index (χ0) is 22.7. The average Bonchev–Trinajstić information content (AvgIpc) is 3.38. The van der Waals surface area contributed by atoms with Gasteiger partial charge in [0.25, 0.3) is 0 Å². The Morgan fingerprint density at radius 1 is 1.09 bits per heavy atom. The van der Waals surface area contributed by atoms with Gasteiger partial charge in [0.2, 0.25) is 16.9 Å². The third-order valence-corrected chi connectivity index (χ3v) is 5.10. The summed E-state index contributed by atoms with van der Waals surface area (Å²) in [6.45, 7) is -0.106. The molecule has 0 aliphatic heterocycles. The molecule has 2 heterocycles. The molecule has 0 atom stereocenters. The normalized spacial score (nSPS) is 11.6. The molecule has 0 radical (unpaired) electrons. The number of nitrogen functional groups attached to an aromatic ring is 1. The summed E-state index contributed by atoms with van der Waals surface area (Å²) in [4.78, 5) is 4.11. The van der Waals surface area contributed by atoms with Gasteiger partial charge in [0.1, 0.15) is 6.61 Å². The second-order valence-electron chi connectivity index (χ2n) is 6.37. The fourth-order valence-corrected chi connectivity index (χ4v) is 3.31. The van der Waals surface area contributed by atoms with Gasteiger partial charge in [-0.25, -0.2) is 9.07 Å². The standard InChI is InChI=1S/C19H14F4N6O2S/c20-13-6-1-2-7-14(13)30-9-15-26-27-18(29(15)24)32-10-16-25-17(28-31-16)11-4-3-5-12(8-11)19(21,22)23/h1-8H,9-10,24H2. The SMILES string of the molecule is Nn1c(COc2ccccc2F)nnc1SCc1nc(-c2cccc(C(F)(F)F)c2)no1. The van der Waals surface area contributed by atoms with Crippen molar-refractivity contribution in [1.82, 2.24) is 25.0 Å². The maximum atomic E-state index is 13.6. The molecule has 0 saturated carbocycles. The summed E-state index contributed by atoms with van der Waals surface area (Å²) in [5, 5.41) is 11.9. The first-order valence-electron chi connectivity index (χ1n) is 9.01. The predicted octanol–water partition coefficient (Wildman–Crippen LogP) is 4.07. The quantitative estimate of drug-likeness (QED) is 0.247. The Kier molecular flexibility index (Phi) is 5.99. The Morgan fingerprint density at radius 3 is 2.69 bits per heavy atom. The molecule has 13 heteroatoms. The molecule has 2 aromatic carbocycles. The number of hydrogen-bond acceptors (Lipinski definition) is 8. The number of nitrogens with two attached hydrogens (primary N) is 1. The van der Waals surface area contributed by atoms with Gasteiger partial charge in [-0.2, -0.15) is 18.2 Å². The number of nitrogens with zero attached hydrogens (tertiary/aromatic N) is 5. The molecular weight excluding hydrogens is 452 g/mol. The first kappa shape index (κ1) is 21.6. The van der Waals surface area contributed by atoms with E-state index in [1.807, 2.05) is 0 Å². The maximum absolute atomic E-state index is 13.6. The molecule has 4 rings (SSSR count). The lowest BCUT2D eigenvalue weighted by Crippen LogP contribution is -2.16. The molecule has 0 fully saturated rings. The van der Waals surface area contributed by atoms with E-state index in [4.69, 9.17) is 15.1 Å². The number of hydrogen-bond donors (Lipinski definition) is 1. The van der Waals surface area contributed by atoms with E-state index in [1.54, 1.807) is 12.1 Å². The molecule has 166 valence electrons. The highest BCUT2D eigenvalue weighted by Crippen LogP contribution is 2.31. The summed E-state index contributed by atoms with van der Waals surface area (Å²) in [5.41, 5.74) is -0.633. The van der Waals surface area contributed by atoms with E-state index in [-0.39, 0.29) is 41.2 Å². The molecule has 2 aromatic heterocycles. The molecule has 4 aromatic rings. The number of thioether (sulfide) groups is 1. The first-order chi connectivity index (χ1) is 15.3. The molecule has 0 unspecified atom stereocenters. The van der Waals surface area contributed by atoms with E-state index in [1.165, 1.54) is 28.9 Å². The van der Waals surface area contributed by atoms with Gasteiger partial charge in [0.15, 0.2) is 17.4 Å². The minimum Gasteiger partial charge on any atom is -0.482 e. The van der Waals surface area contributed by atoms with Crippen LogP contribution in [0.4, 0.5) is 17.6 Å². The van der Waals surface area contributed by atoms with Crippen molar-refractivity contribution in [2.75, 3.05) is 5.84 Å². The maximum Gasteiger partial charge on any atom is 0.416 e. The number of halogens is 4. The summed E-state index contributed by atoms with van der Waals surface area (Å²) >= 11 is 1.12. The van der Waals surface area contributed by atoms with Crippen LogP contribution in [0.3, 0.4) is 0 Å². The fraction of sp³-hybridized carbons (Fsp3) is 0.158. The molecule has 0 aliphatic rings. The van der Waals surface area contributed by atoms with Gasteiger partial charge >= 0.3 is 6.18 Å². The highest BCUT2D eigenvalue weighted by Gasteiger charge is 2.30. The van der Waals surface area contributed by atoms with E-state index in [0.717, 1.165) is 23.9 Å². The Hall–Kier alpha value is -3.61. The van der Waals surface area contributed by atoms with E-state index >= 15 is 0 Å². The van der Waals surface area contributed by atoms with Gasteiger partial charge in [-0.15, -0.1) is 10.2 Å². The summed E-state index contributed by atoms with van der Waals surface area (Å²) in [6.07, 6.45) is -4.47. The van der Waals surface area contributed by atoms with Crippen molar-refractivity contribution in [3.63, 3.8) is 0 Å². The molecule has 0 saturated heterocycles. The van der Waals surface area contributed by atoms with Crippen molar-refractivity contribution in [1.29, 1.82) is 0 Å². The second kappa shape index (κ2) is 8.86. The van der Waals surface area contributed by atoms with Crippen LogP contribution in [0.5, 0.6) is 5.75 Å². The monoisotopic (exact) mass is 466 g/mol. The van der Waals surface area contributed by atoms with Crippen molar-refractivity contribution in [3.05, 3.63) is 71.6 Å². The van der Waals surface area contributed by atoms with Gasteiger partial charge in [-0.3, -0.25) is 0 Å². The molecule has 0 amide bonds. The van der Waals surface area contributed by atoms with Gasteiger partial charge in [0.05, 0.1) is 11.3 Å². The summed E-state index contributed by atoms with van der Waals surface area (Å²) in [7, 11) is 0. The Balaban J connectivity index is 1.39. The van der Waals surface area contributed by atoms with Crippen molar-refractivity contribution in [2.45, 2.75) is 23.7 Å². The zero-order valence-electron chi connectivity index (χ0n) is 16.1. The van der Waals surface area contributed by atoms with Crippen molar-refractivity contribution in [3.8, 4) is 17.1 Å².